The van der Waals surface area contributed by atoms with E-state index in [1.807, 2.05) is 62.3 Å². The van der Waals surface area contributed by atoms with Gasteiger partial charge in [0.05, 0.1) is 18.4 Å². The first-order chi connectivity index (χ1) is 11.5. The fourth-order valence-electron chi connectivity index (χ4n) is 2.18. The van der Waals surface area contributed by atoms with Crippen molar-refractivity contribution in [3.63, 3.8) is 0 Å². The first kappa shape index (κ1) is 18.0. The summed E-state index contributed by atoms with van der Waals surface area (Å²) in [6.45, 7) is 2.48. The maximum atomic E-state index is 12.3. The van der Waals surface area contributed by atoms with E-state index in [0.717, 1.165) is 15.7 Å². The molecule has 0 saturated carbocycles. The van der Waals surface area contributed by atoms with Crippen LogP contribution in [0.15, 0.2) is 52.0 Å². The van der Waals surface area contributed by atoms with Gasteiger partial charge in [-0.15, -0.1) is 0 Å². The van der Waals surface area contributed by atoms with Gasteiger partial charge in [-0.25, -0.2) is 5.43 Å². The van der Waals surface area contributed by atoms with Gasteiger partial charge in [-0.05, 0) is 37.3 Å². The van der Waals surface area contributed by atoms with E-state index < -0.39 is 0 Å². The second-order valence-corrected chi connectivity index (χ2v) is 6.14. The van der Waals surface area contributed by atoms with E-state index in [-0.39, 0.29) is 5.91 Å². The van der Waals surface area contributed by atoms with Gasteiger partial charge in [-0.3, -0.25) is 4.79 Å². The molecular weight excluding hydrogens is 370 g/mol. The van der Waals surface area contributed by atoms with Crippen molar-refractivity contribution in [2.75, 3.05) is 25.6 Å². The highest BCUT2D eigenvalue weighted by Crippen LogP contribution is 2.22. The van der Waals surface area contributed by atoms with Gasteiger partial charge in [0.1, 0.15) is 5.75 Å². The van der Waals surface area contributed by atoms with Crippen LogP contribution in [0.5, 0.6) is 5.75 Å². The normalized spacial score (nSPS) is 10.7. The summed E-state index contributed by atoms with van der Waals surface area (Å²) in [6.07, 6.45) is 1.58. The number of hydrogen-bond donors (Lipinski definition) is 1. The highest BCUT2D eigenvalue weighted by molar-refractivity contribution is 9.10. The van der Waals surface area contributed by atoms with Crippen LogP contribution in [-0.4, -0.2) is 32.8 Å². The van der Waals surface area contributed by atoms with Crippen molar-refractivity contribution in [2.24, 2.45) is 5.10 Å². The molecule has 126 valence electrons. The van der Waals surface area contributed by atoms with E-state index in [1.54, 1.807) is 12.3 Å². The van der Waals surface area contributed by atoms with Gasteiger partial charge in [0, 0.05) is 29.8 Å². The summed E-state index contributed by atoms with van der Waals surface area (Å²) < 4.78 is 6.47. The van der Waals surface area contributed by atoms with E-state index in [0.29, 0.717) is 17.9 Å². The zero-order chi connectivity index (χ0) is 17.5. The molecule has 0 aromatic heterocycles. The van der Waals surface area contributed by atoms with E-state index in [2.05, 4.69) is 26.5 Å². The Morgan fingerprint density at radius 2 is 2.04 bits per heavy atom. The highest BCUT2D eigenvalue weighted by atomic mass is 79.9. The average Bonchev–Trinajstić information content (AvgIpc) is 2.57. The zero-order valence-corrected chi connectivity index (χ0v) is 15.5. The van der Waals surface area contributed by atoms with Gasteiger partial charge in [0.25, 0.3) is 5.91 Å². The first-order valence-corrected chi connectivity index (χ1v) is 8.34. The maximum Gasteiger partial charge on any atom is 0.273 e. The number of rotatable bonds is 6. The largest absolute Gasteiger partial charge is 0.493 e. The van der Waals surface area contributed by atoms with Crippen molar-refractivity contribution >= 4 is 33.7 Å². The number of para-hydroxylation sites is 1. The molecule has 5 nitrogen and oxygen atoms in total. The molecule has 1 N–H and O–H groups in total. The van der Waals surface area contributed by atoms with Crippen molar-refractivity contribution in [2.45, 2.75) is 6.92 Å². The van der Waals surface area contributed by atoms with Crippen LogP contribution in [0, 0.1) is 0 Å². The van der Waals surface area contributed by atoms with E-state index in [1.165, 1.54) is 0 Å². The molecular formula is C18H20BrN3O2. The minimum Gasteiger partial charge on any atom is -0.493 e. The molecule has 0 bridgehead atoms. The van der Waals surface area contributed by atoms with Crippen LogP contribution in [0.4, 0.5) is 5.69 Å². The quantitative estimate of drug-likeness (QED) is 0.605. The van der Waals surface area contributed by atoms with Crippen molar-refractivity contribution in [1.29, 1.82) is 0 Å². The van der Waals surface area contributed by atoms with Crippen LogP contribution in [-0.2, 0) is 0 Å². The number of nitrogens with one attached hydrogen (secondary N) is 1. The molecule has 0 radical (unpaired) electrons. The second kappa shape index (κ2) is 8.49. The van der Waals surface area contributed by atoms with E-state index in [4.69, 9.17) is 4.74 Å². The second-order valence-electron chi connectivity index (χ2n) is 5.23. The third kappa shape index (κ3) is 4.58. The summed E-state index contributed by atoms with van der Waals surface area (Å²) in [6, 6.07) is 13.0. The molecule has 0 heterocycles. The Kier molecular flexibility index (Phi) is 6.37. The number of ether oxygens (including phenoxy) is 1. The molecule has 0 atom stereocenters. The summed E-state index contributed by atoms with van der Waals surface area (Å²) in [5.41, 5.74) is 4.75. The topological polar surface area (TPSA) is 53.9 Å². The predicted octanol–water partition coefficient (Wildman–Crippen LogP) is 3.68. The smallest absolute Gasteiger partial charge is 0.273 e. The van der Waals surface area contributed by atoms with Crippen molar-refractivity contribution < 1.29 is 9.53 Å². The molecule has 0 spiro atoms. The minimum atomic E-state index is -0.261. The zero-order valence-electron chi connectivity index (χ0n) is 13.9. The number of nitrogens with zero attached hydrogens (tertiary/aromatic N) is 2. The molecule has 0 fully saturated rings. The number of carbonyl (C=O) groups is 1. The lowest BCUT2D eigenvalue weighted by atomic mass is 10.1. The highest BCUT2D eigenvalue weighted by Gasteiger charge is 2.11. The van der Waals surface area contributed by atoms with E-state index in [9.17, 15) is 4.79 Å². The van der Waals surface area contributed by atoms with E-state index >= 15 is 0 Å². The summed E-state index contributed by atoms with van der Waals surface area (Å²) in [7, 11) is 3.79. The fraction of sp³-hybridized carbons (Fsp3) is 0.222. The molecule has 0 saturated heterocycles. The molecule has 0 aliphatic rings. The summed E-state index contributed by atoms with van der Waals surface area (Å²) in [5.74, 6) is 0.455. The van der Waals surface area contributed by atoms with Gasteiger partial charge in [0.2, 0.25) is 0 Å². The van der Waals surface area contributed by atoms with Gasteiger partial charge in [-0.1, -0.05) is 28.1 Å². The maximum absolute atomic E-state index is 12.3. The number of amides is 1. The molecule has 1 amide bonds. The minimum absolute atomic E-state index is 0.261. The molecule has 0 aliphatic carbocycles. The fourth-order valence-corrected chi connectivity index (χ4v) is 2.56. The first-order valence-electron chi connectivity index (χ1n) is 7.55. The number of hydrogen-bond acceptors (Lipinski definition) is 4. The van der Waals surface area contributed by atoms with Crippen molar-refractivity contribution in [3.8, 4) is 5.75 Å². The molecule has 0 unspecified atom stereocenters. The van der Waals surface area contributed by atoms with Crippen LogP contribution < -0.4 is 15.1 Å². The average molecular weight is 390 g/mol. The third-order valence-corrected chi connectivity index (χ3v) is 3.77. The lowest BCUT2D eigenvalue weighted by Gasteiger charge is -2.15. The molecule has 2 aromatic rings. The molecule has 0 aliphatic heterocycles. The summed E-state index contributed by atoms with van der Waals surface area (Å²) >= 11 is 3.42. The standard InChI is InChI=1S/C18H20BrN3O2/c1-4-24-17-10-9-14(19)11-13(17)12-20-21-18(23)15-7-5-6-8-16(15)22(2)3/h5-12H,4H2,1-3H3,(H,21,23)/b20-12-. The Balaban J connectivity index is 2.15. The Morgan fingerprint density at radius 1 is 1.29 bits per heavy atom. The van der Waals surface area contributed by atoms with Gasteiger partial charge in [-0.2, -0.15) is 5.10 Å². The number of carbonyl (C=O) groups excluding carboxylic acids is 1. The lowest BCUT2D eigenvalue weighted by molar-refractivity contribution is 0.0955. The SMILES string of the molecule is CCOc1ccc(Br)cc1/C=N\NC(=O)c1ccccc1N(C)C. The molecule has 2 aromatic carbocycles. The lowest BCUT2D eigenvalue weighted by Crippen LogP contribution is -2.21. The summed E-state index contributed by atoms with van der Waals surface area (Å²) in [4.78, 5) is 14.2. The Hall–Kier alpha value is -2.34. The van der Waals surface area contributed by atoms with Gasteiger partial charge < -0.3 is 9.64 Å². The van der Waals surface area contributed by atoms with Crippen LogP contribution in [0.2, 0.25) is 0 Å². The van der Waals surface area contributed by atoms with Crippen molar-refractivity contribution in [3.05, 3.63) is 58.1 Å². The van der Waals surface area contributed by atoms with Crippen LogP contribution in [0.3, 0.4) is 0 Å². The van der Waals surface area contributed by atoms with Gasteiger partial charge in [0.15, 0.2) is 0 Å². The Labute approximate surface area is 150 Å². The van der Waals surface area contributed by atoms with Crippen LogP contribution in [0.25, 0.3) is 0 Å². The number of benzene rings is 2. The third-order valence-electron chi connectivity index (χ3n) is 3.27. The van der Waals surface area contributed by atoms with Crippen LogP contribution in [0.1, 0.15) is 22.8 Å². The van der Waals surface area contributed by atoms with Crippen LogP contribution >= 0.6 is 15.9 Å². The molecule has 2 rings (SSSR count). The number of hydrazone groups is 1. The summed E-state index contributed by atoms with van der Waals surface area (Å²) in [5, 5.41) is 4.06. The Morgan fingerprint density at radius 3 is 2.75 bits per heavy atom. The molecule has 24 heavy (non-hydrogen) atoms. The Bertz CT molecular complexity index is 745. The number of halogens is 1. The monoisotopic (exact) mass is 389 g/mol. The number of anilines is 1. The molecule has 6 heteroatoms. The predicted molar refractivity (Wildman–Crippen MR) is 101 cm³/mol. The van der Waals surface area contributed by atoms with Gasteiger partial charge >= 0.3 is 0 Å². The van der Waals surface area contributed by atoms with Crippen molar-refractivity contribution in [1.82, 2.24) is 5.43 Å².